The lowest BCUT2D eigenvalue weighted by Gasteiger charge is -2.12. The number of nitrogens with one attached hydrogen (secondary N) is 1. The van der Waals surface area contributed by atoms with Crippen LogP contribution in [0.3, 0.4) is 0 Å². The summed E-state index contributed by atoms with van der Waals surface area (Å²) in [5.41, 5.74) is 5.78. The summed E-state index contributed by atoms with van der Waals surface area (Å²) in [6.45, 7) is 3.26. The van der Waals surface area contributed by atoms with Crippen LogP contribution in [0.5, 0.6) is 5.75 Å². The van der Waals surface area contributed by atoms with Crippen molar-refractivity contribution in [2.45, 2.75) is 19.9 Å². The van der Waals surface area contributed by atoms with E-state index in [0.29, 0.717) is 18.8 Å². The molecule has 0 fully saturated rings. The second-order valence-electron chi connectivity index (χ2n) is 7.07. The van der Waals surface area contributed by atoms with Crippen molar-refractivity contribution < 1.29 is 13.9 Å². The lowest BCUT2D eigenvalue weighted by Crippen LogP contribution is -2.28. The van der Waals surface area contributed by atoms with Gasteiger partial charge in [-0.1, -0.05) is 36.4 Å². The van der Waals surface area contributed by atoms with Crippen LogP contribution in [0.15, 0.2) is 71.3 Å². The number of amides is 1. The third-order valence-electron chi connectivity index (χ3n) is 5.20. The number of carbonyl (C=O) groups excluding carboxylic acids is 1. The zero-order valence-corrected chi connectivity index (χ0v) is 16.6. The Morgan fingerprint density at radius 3 is 2.66 bits per heavy atom. The van der Waals surface area contributed by atoms with Crippen LogP contribution in [-0.2, 0) is 13.0 Å². The minimum atomic E-state index is -0.0986. The van der Waals surface area contributed by atoms with Gasteiger partial charge >= 0.3 is 0 Å². The third-order valence-corrected chi connectivity index (χ3v) is 5.20. The van der Waals surface area contributed by atoms with Gasteiger partial charge in [-0.2, -0.15) is 0 Å². The Kier molecular flexibility index (Phi) is 5.38. The molecule has 0 saturated heterocycles. The third kappa shape index (κ3) is 4.04. The quantitative estimate of drug-likeness (QED) is 0.504. The first-order chi connectivity index (χ1) is 14.2. The number of hydrogen-bond donors (Lipinski definition) is 1. The van der Waals surface area contributed by atoms with Crippen LogP contribution in [0, 0.1) is 6.92 Å². The van der Waals surface area contributed by atoms with Crippen LogP contribution >= 0.6 is 0 Å². The first-order valence-electron chi connectivity index (χ1n) is 9.68. The predicted molar refractivity (Wildman–Crippen MR) is 114 cm³/mol. The Morgan fingerprint density at radius 1 is 1.10 bits per heavy atom. The van der Waals surface area contributed by atoms with Crippen molar-refractivity contribution in [3.63, 3.8) is 0 Å². The van der Waals surface area contributed by atoms with Gasteiger partial charge < -0.3 is 19.0 Å². The van der Waals surface area contributed by atoms with Crippen molar-refractivity contribution in [2.24, 2.45) is 0 Å². The lowest BCUT2D eigenvalue weighted by atomic mass is 10.1. The molecule has 0 aliphatic carbocycles. The average Bonchev–Trinajstić information content (AvgIpc) is 3.32. The number of aromatic nitrogens is 1. The summed E-state index contributed by atoms with van der Waals surface area (Å²) in [5, 5.41) is 3.03. The number of fused-ring (bicyclic) bond motifs is 1. The predicted octanol–water partition coefficient (Wildman–Crippen LogP) is 4.57. The molecule has 1 N–H and O–H groups in total. The summed E-state index contributed by atoms with van der Waals surface area (Å²) in [5.74, 6) is 0.730. The van der Waals surface area contributed by atoms with Crippen LogP contribution in [0.25, 0.3) is 11.1 Å². The van der Waals surface area contributed by atoms with Crippen LogP contribution in [-0.4, -0.2) is 24.1 Å². The number of nitrogens with zero attached hydrogens (tertiary/aromatic N) is 1. The highest BCUT2D eigenvalue weighted by Gasteiger charge is 2.18. The number of benzene rings is 2. The molecule has 0 aliphatic rings. The summed E-state index contributed by atoms with van der Waals surface area (Å²) < 4.78 is 12.7. The minimum Gasteiger partial charge on any atom is -0.497 e. The van der Waals surface area contributed by atoms with Crippen molar-refractivity contribution in [2.75, 3.05) is 13.7 Å². The topological polar surface area (TPSA) is 56.4 Å². The van der Waals surface area contributed by atoms with E-state index in [1.54, 1.807) is 13.4 Å². The molecule has 29 heavy (non-hydrogen) atoms. The van der Waals surface area contributed by atoms with E-state index in [2.05, 4.69) is 24.4 Å². The molecule has 1 amide bonds. The van der Waals surface area contributed by atoms with Gasteiger partial charge in [0.15, 0.2) is 5.58 Å². The standard InChI is InChI=1S/C24H24N2O3/c1-17-5-3-4-6-19(17)16-26-21-12-14-29-23(21)15-22(26)24(27)25-13-11-18-7-9-20(28-2)10-8-18/h3-10,12,14-15H,11,13,16H2,1-2H3,(H,25,27). The van der Waals surface area contributed by atoms with E-state index >= 15 is 0 Å². The largest absolute Gasteiger partial charge is 0.497 e. The van der Waals surface area contributed by atoms with Crippen LogP contribution in [0.4, 0.5) is 0 Å². The molecule has 148 valence electrons. The van der Waals surface area contributed by atoms with Crippen molar-refractivity contribution in [1.29, 1.82) is 0 Å². The summed E-state index contributed by atoms with van der Waals surface area (Å²) >= 11 is 0. The molecule has 2 heterocycles. The van der Waals surface area contributed by atoms with Crippen LogP contribution in [0.1, 0.15) is 27.2 Å². The second kappa shape index (κ2) is 8.27. The van der Waals surface area contributed by atoms with Gasteiger partial charge in [0.05, 0.1) is 18.9 Å². The first-order valence-corrected chi connectivity index (χ1v) is 9.68. The van der Waals surface area contributed by atoms with E-state index < -0.39 is 0 Å². The second-order valence-corrected chi connectivity index (χ2v) is 7.07. The fraction of sp³-hybridized carbons (Fsp3) is 0.208. The molecule has 0 spiro atoms. The van der Waals surface area contributed by atoms with Crippen LogP contribution in [0.2, 0.25) is 0 Å². The van der Waals surface area contributed by atoms with E-state index in [1.165, 1.54) is 11.1 Å². The smallest absolute Gasteiger partial charge is 0.268 e. The Hall–Kier alpha value is -3.47. The highest BCUT2D eigenvalue weighted by atomic mass is 16.5. The van der Waals surface area contributed by atoms with Gasteiger partial charge in [-0.15, -0.1) is 0 Å². The Morgan fingerprint density at radius 2 is 1.90 bits per heavy atom. The molecule has 2 aromatic heterocycles. The van der Waals surface area contributed by atoms with Crippen molar-refractivity contribution in [3.05, 3.63) is 89.3 Å². The molecule has 0 aliphatic heterocycles. The number of aryl methyl sites for hydroxylation is 1. The first kappa shape index (κ1) is 18.9. The van der Waals surface area contributed by atoms with Gasteiger partial charge in [0.1, 0.15) is 11.4 Å². The molecule has 0 unspecified atom stereocenters. The molecule has 5 nitrogen and oxygen atoms in total. The molecule has 0 radical (unpaired) electrons. The average molecular weight is 388 g/mol. The summed E-state index contributed by atoms with van der Waals surface area (Å²) in [7, 11) is 1.65. The van der Waals surface area contributed by atoms with Crippen molar-refractivity contribution in [3.8, 4) is 5.75 Å². The van der Waals surface area contributed by atoms with E-state index in [0.717, 1.165) is 28.8 Å². The van der Waals surface area contributed by atoms with E-state index in [4.69, 9.17) is 9.15 Å². The molecular formula is C24H24N2O3. The molecular weight excluding hydrogens is 364 g/mol. The zero-order chi connectivity index (χ0) is 20.2. The molecule has 2 aromatic carbocycles. The Bertz CT molecular complexity index is 1120. The number of methoxy groups -OCH3 is 1. The summed E-state index contributed by atoms with van der Waals surface area (Å²) in [4.78, 5) is 12.9. The lowest BCUT2D eigenvalue weighted by molar-refractivity contribution is 0.0945. The van der Waals surface area contributed by atoms with Gasteiger partial charge in [0.25, 0.3) is 5.91 Å². The van der Waals surface area contributed by atoms with Gasteiger partial charge in [0.2, 0.25) is 0 Å². The van der Waals surface area contributed by atoms with Crippen molar-refractivity contribution in [1.82, 2.24) is 9.88 Å². The van der Waals surface area contributed by atoms with Gasteiger partial charge in [-0.05, 0) is 42.2 Å². The van der Waals surface area contributed by atoms with Crippen LogP contribution < -0.4 is 10.1 Å². The number of rotatable bonds is 7. The zero-order valence-electron chi connectivity index (χ0n) is 16.6. The maximum absolute atomic E-state index is 12.9. The van der Waals surface area contributed by atoms with Crippen molar-refractivity contribution >= 4 is 17.0 Å². The van der Waals surface area contributed by atoms with Gasteiger partial charge in [0, 0.05) is 25.2 Å². The fourth-order valence-corrected chi connectivity index (χ4v) is 3.50. The monoisotopic (exact) mass is 388 g/mol. The Balaban J connectivity index is 1.49. The summed E-state index contributed by atoms with van der Waals surface area (Å²) in [6, 6.07) is 19.8. The number of carbonyl (C=O) groups is 1. The molecule has 5 heteroatoms. The summed E-state index contributed by atoms with van der Waals surface area (Å²) in [6.07, 6.45) is 2.41. The molecule has 0 atom stereocenters. The van der Waals surface area contributed by atoms with E-state index in [1.807, 2.05) is 53.1 Å². The minimum absolute atomic E-state index is 0.0986. The van der Waals surface area contributed by atoms with Gasteiger partial charge in [-0.25, -0.2) is 0 Å². The number of ether oxygens (including phenoxy) is 1. The maximum Gasteiger partial charge on any atom is 0.268 e. The van der Waals surface area contributed by atoms with E-state index in [-0.39, 0.29) is 5.91 Å². The number of hydrogen-bond acceptors (Lipinski definition) is 3. The molecule has 4 rings (SSSR count). The van der Waals surface area contributed by atoms with Gasteiger partial charge in [-0.3, -0.25) is 4.79 Å². The van der Waals surface area contributed by atoms with E-state index in [9.17, 15) is 4.79 Å². The molecule has 0 bridgehead atoms. The Labute approximate surface area is 169 Å². The number of furan rings is 1. The highest BCUT2D eigenvalue weighted by Crippen LogP contribution is 2.23. The molecule has 0 saturated carbocycles. The SMILES string of the molecule is COc1ccc(CCNC(=O)c2cc3occc3n2Cc2ccccc2C)cc1. The fourth-order valence-electron chi connectivity index (χ4n) is 3.50. The normalized spacial score (nSPS) is 11.0. The highest BCUT2D eigenvalue weighted by molar-refractivity contribution is 5.97. The maximum atomic E-state index is 12.9. The molecule has 4 aromatic rings.